The van der Waals surface area contributed by atoms with E-state index in [0.717, 1.165) is 0 Å². The summed E-state index contributed by atoms with van der Waals surface area (Å²) in [6, 6.07) is 8.44. The summed E-state index contributed by atoms with van der Waals surface area (Å²) in [6.45, 7) is 0. The highest BCUT2D eigenvalue weighted by Gasteiger charge is 2.63. The molecule has 12 heavy (non-hydrogen) atoms. The van der Waals surface area contributed by atoms with Gasteiger partial charge in [-0.05, 0) is 11.1 Å². The molecule has 0 spiro atoms. The van der Waals surface area contributed by atoms with Crippen LogP contribution in [0.15, 0.2) is 24.3 Å². The van der Waals surface area contributed by atoms with Crippen molar-refractivity contribution >= 4 is 0 Å². The Hall–Kier alpha value is -0.860. The average molecular weight is 160 g/mol. The highest BCUT2D eigenvalue weighted by molar-refractivity contribution is 5.42. The lowest BCUT2D eigenvalue weighted by Gasteiger charge is -2.05. The van der Waals surface area contributed by atoms with Crippen molar-refractivity contribution in [1.82, 2.24) is 0 Å². The van der Waals surface area contributed by atoms with Crippen LogP contribution in [0.3, 0.4) is 0 Å². The summed E-state index contributed by atoms with van der Waals surface area (Å²) < 4.78 is 11.3. The van der Waals surface area contributed by atoms with Gasteiger partial charge in [-0.2, -0.15) is 0 Å². The van der Waals surface area contributed by atoms with Crippen LogP contribution in [-0.2, 0) is 9.47 Å². The third-order valence-electron chi connectivity index (χ3n) is 3.06. The second-order valence-electron chi connectivity index (χ2n) is 3.67. The molecule has 0 amide bonds. The van der Waals surface area contributed by atoms with Crippen molar-refractivity contribution in [3.8, 4) is 0 Å². The first-order chi connectivity index (χ1) is 5.95. The maximum absolute atomic E-state index is 5.78. The van der Waals surface area contributed by atoms with Crippen LogP contribution in [0.1, 0.15) is 23.3 Å². The number of epoxide rings is 1. The lowest BCUT2D eigenvalue weighted by molar-refractivity contribution is -0.00903. The number of hydrogen-bond acceptors (Lipinski definition) is 2. The smallest absolute Gasteiger partial charge is 0.118 e. The number of fused-ring (bicyclic) bond motifs is 8. The van der Waals surface area contributed by atoms with Gasteiger partial charge in [-0.1, -0.05) is 24.3 Å². The Labute approximate surface area is 70.1 Å². The highest BCUT2D eigenvalue weighted by Crippen LogP contribution is 2.60. The predicted molar refractivity (Wildman–Crippen MR) is 41.7 cm³/mol. The Morgan fingerprint density at radius 1 is 0.833 bits per heavy atom. The molecule has 2 fully saturated rings. The van der Waals surface area contributed by atoms with Gasteiger partial charge in [0.2, 0.25) is 0 Å². The zero-order valence-electron chi connectivity index (χ0n) is 6.44. The van der Waals surface area contributed by atoms with Crippen LogP contribution in [0.4, 0.5) is 0 Å². The lowest BCUT2D eigenvalue weighted by atomic mass is 9.92. The molecular formula is C10H8O2. The van der Waals surface area contributed by atoms with Crippen molar-refractivity contribution in [1.29, 1.82) is 0 Å². The topological polar surface area (TPSA) is 21.8 Å². The molecule has 1 aromatic carbocycles. The standard InChI is InChI=1S/C10H8O2/c1-2-4-6-5(3-1)7-9-10(12-9)8(6)11-7/h1-4,7-10H/t7-,8-,9-,10+/m1/s1. The van der Waals surface area contributed by atoms with Crippen LogP contribution >= 0.6 is 0 Å². The fraction of sp³-hybridized carbons (Fsp3) is 0.400. The van der Waals surface area contributed by atoms with Crippen LogP contribution in [0.5, 0.6) is 0 Å². The largest absolute Gasteiger partial charge is 0.363 e. The molecule has 0 aromatic heterocycles. The molecule has 2 bridgehead atoms. The molecule has 0 saturated carbocycles. The maximum atomic E-state index is 5.78. The summed E-state index contributed by atoms with van der Waals surface area (Å²) in [4.78, 5) is 0. The lowest BCUT2D eigenvalue weighted by Crippen LogP contribution is -2.06. The number of rotatable bonds is 0. The molecule has 60 valence electrons. The second kappa shape index (κ2) is 1.58. The van der Waals surface area contributed by atoms with Crippen molar-refractivity contribution in [3.05, 3.63) is 35.4 Å². The first kappa shape index (κ1) is 5.73. The fourth-order valence-electron chi connectivity index (χ4n) is 2.47. The number of benzene rings is 1. The second-order valence-corrected chi connectivity index (χ2v) is 3.67. The molecule has 4 atom stereocenters. The molecule has 2 nitrogen and oxygen atoms in total. The minimum Gasteiger partial charge on any atom is -0.363 e. The summed E-state index contributed by atoms with van der Waals surface area (Å²) in [6.07, 6.45) is 1.25. The van der Waals surface area contributed by atoms with E-state index in [1.165, 1.54) is 11.1 Å². The third kappa shape index (κ3) is 0.464. The van der Waals surface area contributed by atoms with E-state index in [1.807, 2.05) is 0 Å². The van der Waals surface area contributed by atoms with Crippen molar-refractivity contribution in [2.24, 2.45) is 0 Å². The molecular weight excluding hydrogens is 152 g/mol. The van der Waals surface area contributed by atoms with Crippen molar-refractivity contribution in [2.75, 3.05) is 0 Å². The first-order valence-electron chi connectivity index (χ1n) is 4.35. The van der Waals surface area contributed by atoms with Gasteiger partial charge >= 0.3 is 0 Å². The molecule has 1 aromatic rings. The van der Waals surface area contributed by atoms with Gasteiger partial charge in [-0.15, -0.1) is 0 Å². The Kier molecular flexibility index (Phi) is 0.755. The quantitative estimate of drug-likeness (QED) is 0.537. The first-order valence-corrected chi connectivity index (χ1v) is 4.35. The monoisotopic (exact) mass is 160 g/mol. The zero-order chi connectivity index (χ0) is 7.71. The Morgan fingerprint density at radius 3 is 2.00 bits per heavy atom. The van der Waals surface area contributed by atoms with E-state index in [0.29, 0.717) is 12.2 Å². The van der Waals surface area contributed by atoms with Gasteiger partial charge in [-0.25, -0.2) is 0 Å². The van der Waals surface area contributed by atoms with E-state index >= 15 is 0 Å². The van der Waals surface area contributed by atoms with E-state index in [-0.39, 0.29) is 12.2 Å². The Morgan fingerprint density at radius 2 is 1.42 bits per heavy atom. The van der Waals surface area contributed by atoms with Crippen LogP contribution in [0, 0.1) is 0 Å². The van der Waals surface area contributed by atoms with Crippen molar-refractivity contribution < 1.29 is 9.47 Å². The normalized spacial score (nSPS) is 45.7. The van der Waals surface area contributed by atoms with Gasteiger partial charge in [0.25, 0.3) is 0 Å². The van der Waals surface area contributed by atoms with E-state index in [4.69, 9.17) is 9.47 Å². The molecule has 2 saturated heterocycles. The van der Waals surface area contributed by atoms with Crippen molar-refractivity contribution in [3.63, 3.8) is 0 Å². The fourth-order valence-corrected chi connectivity index (χ4v) is 2.47. The summed E-state index contributed by atoms with van der Waals surface area (Å²) in [5.74, 6) is 0. The van der Waals surface area contributed by atoms with Gasteiger partial charge in [0.1, 0.15) is 24.4 Å². The summed E-state index contributed by atoms with van der Waals surface area (Å²) in [5, 5.41) is 0. The zero-order valence-corrected chi connectivity index (χ0v) is 6.44. The van der Waals surface area contributed by atoms with Crippen LogP contribution < -0.4 is 0 Å². The van der Waals surface area contributed by atoms with Gasteiger partial charge in [0.05, 0.1) is 0 Å². The van der Waals surface area contributed by atoms with E-state index < -0.39 is 0 Å². The minimum absolute atomic E-state index is 0.246. The third-order valence-corrected chi connectivity index (χ3v) is 3.06. The SMILES string of the molecule is c1ccc2c(c1)[C@H]1O[C@H]2[C@H]2O[C@H]21. The van der Waals surface area contributed by atoms with E-state index in [1.54, 1.807) is 0 Å². The predicted octanol–water partition coefficient (Wildman–Crippen LogP) is 1.58. The van der Waals surface area contributed by atoms with Crippen LogP contribution in [0.25, 0.3) is 0 Å². The molecule has 4 rings (SSSR count). The van der Waals surface area contributed by atoms with Crippen molar-refractivity contribution in [2.45, 2.75) is 24.4 Å². The van der Waals surface area contributed by atoms with Crippen LogP contribution in [0.2, 0.25) is 0 Å². The van der Waals surface area contributed by atoms with Crippen LogP contribution in [-0.4, -0.2) is 12.2 Å². The average Bonchev–Trinajstić information content (AvgIpc) is 2.74. The summed E-state index contributed by atoms with van der Waals surface area (Å²) in [5.41, 5.74) is 2.70. The number of ether oxygens (including phenoxy) is 2. The van der Waals surface area contributed by atoms with E-state index in [9.17, 15) is 0 Å². The van der Waals surface area contributed by atoms with E-state index in [2.05, 4.69) is 24.3 Å². The minimum atomic E-state index is 0.246. The van der Waals surface area contributed by atoms with Gasteiger partial charge in [0, 0.05) is 0 Å². The summed E-state index contributed by atoms with van der Waals surface area (Å²) in [7, 11) is 0. The van der Waals surface area contributed by atoms with Gasteiger partial charge < -0.3 is 9.47 Å². The number of hydrogen-bond donors (Lipinski definition) is 0. The highest BCUT2D eigenvalue weighted by atomic mass is 16.7. The molecule has 3 heterocycles. The van der Waals surface area contributed by atoms with Gasteiger partial charge in [-0.3, -0.25) is 0 Å². The Bertz CT molecular complexity index is 328. The Balaban J connectivity index is 2.01. The molecule has 0 N–H and O–H groups in total. The molecule has 0 unspecified atom stereocenters. The van der Waals surface area contributed by atoms with Gasteiger partial charge in [0.15, 0.2) is 0 Å². The summed E-state index contributed by atoms with van der Waals surface area (Å²) >= 11 is 0. The molecule has 3 aliphatic heterocycles. The maximum Gasteiger partial charge on any atom is 0.118 e. The molecule has 3 aliphatic rings. The molecule has 0 radical (unpaired) electrons. The molecule has 2 heteroatoms. The molecule has 0 aliphatic carbocycles.